The van der Waals surface area contributed by atoms with Crippen molar-refractivity contribution in [3.63, 3.8) is 0 Å². The maximum Gasteiger partial charge on any atom is 0.229 e. The van der Waals surface area contributed by atoms with E-state index in [0.29, 0.717) is 35.1 Å². The number of hydrogen-bond acceptors (Lipinski definition) is 4. The molecule has 0 saturated carbocycles. The highest BCUT2D eigenvalue weighted by Crippen LogP contribution is 2.27. The predicted octanol–water partition coefficient (Wildman–Crippen LogP) is 3.42. The molecule has 5 nitrogen and oxygen atoms in total. The fourth-order valence-corrected chi connectivity index (χ4v) is 2.26. The molecule has 0 aliphatic rings. The van der Waals surface area contributed by atoms with E-state index in [0.717, 1.165) is 0 Å². The van der Waals surface area contributed by atoms with Crippen molar-refractivity contribution in [1.29, 1.82) is 0 Å². The Kier molecular flexibility index (Phi) is 6.01. The summed E-state index contributed by atoms with van der Waals surface area (Å²) < 4.78 is 29.1. The van der Waals surface area contributed by atoms with Crippen LogP contribution in [0.2, 0.25) is 0 Å². The van der Waals surface area contributed by atoms with Gasteiger partial charge < -0.3 is 19.5 Å². The Morgan fingerprint density at radius 2 is 1.88 bits per heavy atom. The zero-order valence-electron chi connectivity index (χ0n) is 13.9. The first kappa shape index (κ1) is 17.6. The molecule has 1 N–H and O–H groups in total. The first-order valence-electron chi connectivity index (χ1n) is 7.50. The van der Waals surface area contributed by atoms with Crippen molar-refractivity contribution >= 4 is 11.6 Å². The van der Waals surface area contributed by atoms with E-state index >= 15 is 0 Å². The molecule has 0 radical (unpaired) electrons. The maximum absolute atomic E-state index is 13.3. The second-order valence-electron chi connectivity index (χ2n) is 4.98. The number of ether oxygens (including phenoxy) is 3. The SMILES string of the molecule is CCOc1cc(F)ccc1NC(=O)Cc1cc(OC)ccc1OC. The van der Waals surface area contributed by atoms with Crippen molar-refractivity contribution in [3.8, 4) is 17.2 Å². The Morgan fingerprint density at radius 1 is 1.08 bits per heavy atom. The summed E-state index contributed by atoms with van der Waals surface area (Å²) in [5, 5.41) is 2.73. The van der Waals surface area contributed by atoms with E-state index < -0.39 is 5.82 Å². The summed E-state index contributed by atoms with van der Waals surface area (Å²) in [6.45, 7) is 2.16. The molecular formula is C18H20FNO4. The number of hydrogen-bond donors (Lipinski definition) is 1. The Bertz CT molecular complexity index is 718. The van der Waals surface area contributed by atoms with Gasteiger partial charge in [0.2, 0.25) is 5.91 Å². The normalized spacial score (nSPS) is 10.2. The molecule has 2 aromatic rings. The average Bonchev–Trinajstić information content (AvgIpc) is 2.57. The van der Waals surface area contributed by atoms with Crippen LogP contribution in [0.25, 0.3) is 0 Å². The largest absolute Gasteiger partial charge is 0.497 e. The minimum absolute atomic E-state index is 0.0866. The molecule has 0 heterocycles. The number of anilines is 1. The summed E-state index contributed by atoms with van der Waals surface area (Å²) in [6.07, 6.45) is 0.0866. The fourth-order valence-electron chi connectivity index (χ4n) is 2.26. The molecule has 0 aliphatic carbocycles. The topological polar surface area (TPSA) is 56.8 Å². The smallest absolute Gasteiger partial charge is 0.229 e. The second kappa shape index (κ2) is 8.19. The van der Waals surface area contributed by atoms with Crippen LogP contribution in [0.5, 0.6) is 17.2 Å². The summed E-state index contributed by atoms with van der Waals surface area (Å²) in [5.41, 5.74) is 1.11. The van der Waals surface area contributed by atoms with Gasteiger partial charge in [-0.05, 0) is 37.3 Å². The van der Waals surface area contributed by atoms with Crippen LogP contribution >= 0.6 is 0 Å². The number of methoxy groups -OCH3 is 2. The number of halogens is 1. The van der Waals surface area contributed by atoms with Crippen molar-refractivity contribution in [2.45, 2.75) is 13.3 Å². The lowest BCUT2D eigenvalue weighted by atomic mass is 10.1. The minimum Gasteiger partial charge on any atom is -0.497 e. The van der Waals surface area contributed by atoms with Crippen LogP contribution in [-0.2, 0) is 11.2 Å². The van der Waals surface area contributed by atoms with Gasteiger partial charge in [-0.3, -0.25) is 4.79 Å². The Balaban J connectivity index is 2.17. The molecule has 0 aromatic heterocycles. The highest BCUT2D eigenvalue weighted by atomic mass is 19.1. The van der Waals surface area contributed by atoms with Crippen LogP contribution in [0.1, 0.15) is 12.5 Å². The van der Waals surface area contributed by atoms with Gasteiger partial charge in [0.15, 0.2) is 0 Å². The molecule has 24 heavy (non-hydrogen) atoms. The summed E-state index contributed by atoms with van der Waals surface area (Å²) in [7, 11) is 3.09. The lowest BCUT2D eigenvalue weighted by molar-refractivity contribution is -0.115. The van der Waals surface area contributed by atoms with E-state index in [-0.39, 0.29) is 12.3 Å². The standard InChI is InChI=1S/C18H20FNO4/c1-4-24-17-11-13(19)5-7-15(17)20-18(21)10-12-9-14(22-2)6-8-16(12)23-3/h5-9,11H,4,10H2,1-3H3,(H,20,21). The molecule has 1 amide bonds. The maximum atomic E-state index is 13.3. The molecule has 0 atom stereocenters. The van der Waals surface area contributed by atoms with Gasteiger partial charge in [0.1, 0.15) is 23.1 Å². The van der Waals surface area contributed by atoms with Gasteiger partial charge >= 0.3 is 0 Å². The van der Waals surface area contributed by atoms with Gasteiger partial charge in [-0.25, -0.2) is 4.39 Å². The van der Waals surface area contributed by atoms with Gasteiger partial charge in [0, 0.05) is 11.6 Å². The van der Waals surface area contributed by atoms with Crippen molar-refractivity contribution in [2.75, 3.05) is 26.1 Å². The number of carbonyl (C=O) groups is 1. The van der Waals surface area contributed by atoms with Gasteiger partial charge in [-0.1, -0.05) is 0 Å². The van der Waals surface area contributed by atoms with Crippen molar-refractivity contribution in [1.82, 2.24) is 0 Å². The summed E-state index contributed by atoms with van der Waals surface area (Å²) in [5.74, 6) is 0.828. The van der Waals surface area contributed by atoms with Crippen molar-refractivity contribution in [3.05, 3.63) is 47.8 Å². The average molecular weight is 333 g/mol. The van der Waals surface area contributed by atoms with Gasteiger partial charge in [-0.2, -0.15) is 0 Å². The number of rotatable bonds is 7. The van der Waals surface area contributed by atoms with E-state index in [2.05, 4.69) is 5.32 Å². The third-order valence-corrected chi connectivity index (χ3v) is 3.36. The van der Waals surface area contributed by atoms with Crippen LogP contribution in [0.4, 0.5) is 10.1 Å². The van der Waals surface area contributed by atoms with Gasteiger partial charge in [0.05, 0.1) is 32.9 Å². The zero-order chi connectivity index (χ0) is 17.5. The van der Waals surface area contributed by atoms with E-state index in [1.165, 1.54) is 25.3 Å². The van der Waals surface area contributed by atoms with Crippen LogP contribution in [0.3, 0.4) is 0 Å². The quantitative estimate of drug-likeness (QED) is 0.843. The molecule has 0 unspecified atom stereocenters. The third kappa shape index (κ3) is 4.38. The lowest BCUT2D eigenvalue weighted by Gasteiger charge is -2.13. The second-order valence-corrected chi connectivity index (χ2v) is 4.98. The van der Waals surface area contributed by atoms with Crippen LogP contribution in [0, 0.1) is 5.82 Å². The highest BCUT2D eigenvalue weighted by Gasteiger charge is 2.13. The first-order valence-corrected chi connectivity index (χ1v) is 7.50. The Hall–Kier alpha value is -2.76. The molecule has 0 saturated heterocycles. The van der Waals surface area contributed by atoms with Crippen LogP contribution in [-0.4, -0.2) is 26.7 Å². The number of nitrogens with one attached hydrogen (secondary N) is 1. The summed E-state index contributed by atoms with van der Waals surface area (Å²) >= 11 is 0. The Morgan fingerprint density at radius 3 is 2.54 bits per heavy atom. The highest BCUT2D eigenvalue weighted by molar-refractivity contribution is 5.94. The van der Waals surface area contributed by atoms with E-state index in [1.807, 2.05) is 0 Å². The molecule has 128 valence electrons. The monoisotopic (exact) mass is 333 g/mol. The number of carbonyl (C=O) groups excluding carboxylic acids is 1. The van der Waals surface area contributed by atoms with Crippen LogP contribution < -0.4 is 19.5 Å². The third-order valence-electron chi connectivity index (χ3n) is 3.36. The minimum atomic E-state index is -0.425. The van der Waals surface area contributed by atoms with Gasteiger partial charge in [0.25, 0.3) is 0 Å². The molecular weight excluding hydrogens is 313 g/mol. The van der Waals surface area contributed by atoms with Gasteiger partial charge in [-0.15, -0.1) is 0 Å². The van der Waals surface area contributed by atoms with E-state index in [4.69, 9.17) is 14.2 Å². The molecule has 0 aliphatic heterocycles. The molecule has 0 bridgehead atoms. The summed E-state index contributed by atoms with van der Waals surface area (Å²) in [4.78, 5) is 12.3. The van der Waals surface area contributed by atoms with E-state index in [1.54, 1.807) is 32.2 Å². The molecule has 2 aromatic carbocycles. The van der Waals surface area contributed by atoms with Crippen LogP contribution in [0.15, 0.2) is 36.4 Å². The van der Waals surface area contributed by atoms with E-state index in [9.17, 15) is 9.18 Å². The zero-order valence-corrected chi connectivity index (χ0v) is 13.9. The first-order chi connectivity index (χ1) is 11.6. The Labute approximate surface area is 140 Å². The fraction of sp³-hybridized carbons (Fsp3) is 0.278. The predicted molar refractivity (Wildman–Crippen MR) is 89.4 cm³/mol. The number of benzene rings is 2. The molecule has 0 spiro atoms. The number of amides is 1. The van der Waals surface area contributed by atoms with Crippen molar-refractivity contribution < 1.29 is 23.4 Å². The molecule has 6 heteroatoms. The van der Waals surface area contributed by atoms with Crippen molar-refractivity contribution in [2.24, 2.45) is 0 Å². The lowest BCUT2D eigenvalue weighted by Crippen LogP contribution is -2.16. The molecule has 2 rings (SSSR count). The summed E-state index contributed by atoms with van der Waals surface area (Å²) in [6, 6.07) is 9.22. The molecule has 0 fully saturated rings.